The number of ether oxygens (including phenoxy) is 1. The molecule has 1 saturated heterocycles. The predicted molar refractivity (Wildman–Crippen MR) is 112 cm³/mol. The summed E-state index contributed by atoms with van der Waals surface area (Å²) in [5, 5.41) is 9.44. The van der Waals surface area contributed by atoms with Gasteiger partial charge in [-0.05, 0) is 40.2 Å². The third kappa shape index (κ3) is 4.74. The van der Waals surface area contributed by atoms with Gasteiger partial charge >= 0.3 is 12.0 Å². The zero-order chi connectivity index (χ0) is 23.6. The number of aryl methyl sites for hydroxylation is 3. The zero-order valence-corrected chi connectivity index (χ0v) is 18.6. The third-order valence-electron chi connectivity index (χ3n) is 4.96. The Bertz CT molecular complexity index is 1080. The van der Waals surface area contributed by atoms with Crippen LogP contribution in [0.15, 0.2) is 12.1 Å². The van der Waals surface area contributed by atoms with E-state index in [1.54, 1.807) is 26.8 Å². The number of amides is 4. The molecule has 0 saturated carbocycles. The Balaban J connectivity index is 1.61. The van der Waals surface area contributed by atoms with Crippen molar-refractivity contribution in [3.05, 3.63) is 29.2 Å². The highest BCUT2D eigenvalue weighted by Gasteiger charge is 2.47. The van der Waals surface area contributed by atoms with Crippen LogP contribution < -0.4 is 10.6 Å². The summed E-state index contributed by atoms with van der Waals surface area (Å²) < 4.78 is 6.32. The fraction of sp³-hybridized carbons (Fsp3) is 0.450. The van der Waals surface area contributed by atoms with Crippen LogP contribution in [0.1, 0.15) is 37.4 Å². The van der Waals surface area contributed by atoms with Gasteiger partial charge in [0.15, 0.2) is 6.61 Å². The first-order valence-electron chi connectivity index (χ1n) is 10.0. The summed E-state index contributed by atoms with van der Waals surface area (Å²) in [7, 11) is 0. The van der Waals surface area contributed by atoms with Gasteiger partial charge in [-0.25, -0.2) is 14.8 Å². The Morgan fingerprint density at radius 3 is 2.38 bits per heavy atom. The van der Waals surface area contributed by atoms with Gasteiger partial charge in [0.25, 0.3) is 17.8 Å². The Morgan fingerprint density at radius 2 is 1.78 bits per heavy atom. The lowest BCUT2D eigenvalue weighted by molar-refractivity contribution is -0.150. The van der Waals surface area contributed by atoms with Gasteiger partial charge < -0.3 is 15.4 Å². The average Bonchev–Trinajstić information content (AvgIpc) is 3.18. The number of anilines is 1. The molecule has 1 aliphatic rings. The van der Waals surface area contributed by atoms with Crippen LogP contribution >= 0.6 is 0 Å². The maximum Gasteiger partial charge on any atom is 0.326 e. The number of aromatic nitrogens is 4. The second kappa shape index (κ2) is 8.73. The van der Waals surface area contributed by atoms with Gasteiger partial charge in [-0.1, -0.05) is 6.92 Å². The Kier molecular flexibility index (Phi) is 6.23. The molecular formula is C20H25N7O5. The maximum atomic E-state index is 12.3. The van der Waals surface area contributed by atoms with Crippen molar-refractivity contribution in [3.63, 3.8) is 0 Å². The monoisotopic (exact) mass is 443 g/mol. The second-order valence-corrected chi connectivity index (χ2v) is 7.75. The van der Waals surface area contributed by atoms with E-state index in [1.807, 2.05) is 19.9 Å². The number of imide groups is 1. The van der Waals surface area contributed by atoms with Crippen LogP contribution in [-0.4, -0.2) is 67.2 Å². The topological polar surface area (TPSA) is 148 Å². The lowest BCUT2D eigenvalue weighted by Gasteiger charge is -2.18. The van der Waals surface area contributed by atoms with E-state index >= 15 is 0 Å². The molecule has 1 fully saturated rings. The molecule has 1 aliphatic heterocycles. The molecule has 170 valence electrons. The van der Waals surface area contributed by atoms with Gasteiger partial charge in [0.05, 0.1) is 5.69 Å². The van der Waals surface area contributed by atoms with E-state index in [9.17, 15) is 19.2 Å². The summed E-state index contributed by atoms with van der Waals surface area (Å²) in [5.41, 5.74) is 1.05. The van der Waals surface area contributed by atoms with Crippen LogP contribution in [0, 0.1) is 20.8 Å². The normalized spacial score (nSPS) is 18.0. The second-order valence-electron chi connectivity index (χ2n) is 7.75. The molecule has 12 nitrogen and oxygen atoms in total. The number of carbonyl (C=O) groups excluding carboxylic acids is 4. The molecule has 1 atom stereocenters. The first-order chi connectivity index (χ1) is 15.0. The first kappa shape index (κ1) is 22.8. The average molecular weight is 443 g/mol. The van der Waals surface area contributed by atoms with E-state index in [1.165, 1.54) is 4.68 Å². The molecule has 0 radical (unpaired) electrons. The number of urea groups is 1. The summed E-state index contributed by atoms with van der Waals surface area (Å²) in [5.74, 6) is -1.42. The number of esters is 1. The van der Waals surface area contributed by atoms with Gasteiger partial charge in [-0.3, -0.25) is 19.3 Å². The molecular weight excluding hydrogens is 418 g/mol. The number of rotatable bonds is 7. The zero-order valence-electron chi connectivity index (χ0n) is 18.6. The molecule has 0 aromatic carbocycles. The van der Waals surface area contributed by atoms with E-state index in [0.29, 0.717) is 23.9 Å². The summed E-state index contributed by atoms with van der Waals surface area (Å²) in [6.45, 7) is 7.53. The Labute approximate surface area is 184 Å². The molecule has 3 heterocycles. The van der Waals surface area contributed by atoms with Crippen LogP contribution in [0.5, 0.6) is 0 Å². The summed E-state index contributed by atoms with van der Waals surface area (Å²) in [6, 6.07) is 2.76. The number of hydrogen-bond donors (Lipinski definition) is 2. The summed E-state index contributed by atoms with van der Waals surface area (Å²) in [6.07, 6.45) is 0.378. The number of hydrogen-bond acceptors (Lipinski definition) is 8. The van der Waals surface area contributed by atoms with Crippen LogP contribution in [0.25, 0.3) is 5.95 Å². The lowest BCUT2D eigenvalue weighted by Crippen LogP contribution is -2.43. The molecule has 0 spiro atoms. The molecule has 0 bridgehead atoms. The van der Waals surface area contributed by atoms with Crippen LogP contribution in [0.3, 0.4) is 0 Å². The van der Waals surface area contributed by atoms with E-state index in [-0.39, 0.29) is 0 Å². The number of nitrogens with zero attached hydrogens (tertiary/aromatic N) is 5. The molecule has 0 aliphatic carbocycles. The van der Waals surface area contributed by atoms with Crippen LogP contribution in [0.2, 0.25) is 0 Å². The van der Waals surface area contributed by atoms with Crippen molar-refractivity contribution >= 4 is 29.6 Å². The van der Waals surface area contributed by atoms with Gasteiger partial charge in [0.1, 0.15) is 17.9 Å². The van der Waals surface area contributed by atoms with E-state index < -0.39 is 42.5 Å². The minimum Gasteiger partial charge on any atom is -0.454 e. The molecule has 4 amide bonds. The number of carbonyl (C=O) groups is 4. The molecule has 2 aromatic rings. The highest BCUT2D eigenvalue weighted by atomic mass is 16.5. The minimum absolute atomic E-state index is 0.292. The van der Waals surface area contributed by atoms with Crippen molar-refractivity contribution in [1.82, 2.24) is 30.0 Å². The van der Waals surface area contributed by atoms with E-state index in [4.69, 9.17) is 4.74 Å². The quantitative estimate of drug-likeness (QED) is 0.471. The van der Waals surface area contributed by atoms with Crippen molar-refractivity contribution in [2.24, 2.45) is 0 Å². The van der Waals surface area contributed by atoms with Crippen molar-refractivity contribution in [3.8, 4) is 5.95 Å². The van der Waals surface area contributed by atoms with E-state index in [0.717, 1.165) is 16.3 Å². The van der Waals surface area contributed by atoms with Crippen molar-refractivity contribution in [1.29, 1.82) is 0 Å². The van der Waals surface area contributed by atoms with Crippen LogP contribution in [0.4, 0.5) is 10.6 Å². The smallest absolute Gasteiger partial charge is 0.326 e. The molecule has 32 heavy (non-hydrogen) atoms. The highest BCUT2D eigenvalue weighted by Crippen LogP contribution is 2.20. The Hall–Kier alpha value is -3.83. The van der Waals surface area contributed by atoms with Crippen LogP contribution in [-0.2, 0) is 19.1 Å². The minimum atomic E-state index is -1.05. The summed E-state index contributed by atoms with van der Waals surface area (Å²) >= 11 is 0. The van der Waals surface area contributed by atoms with Gasteiger partial charge in [-0.15, -0.1) is 0 Å². The number of nitrogens with one attached hydrogen (secondary N) is 2. The fourth-order valence-corrected chi connectivity index (χ4v) is 3.17. The SMILES string of the molecule is CCC1(C)NC(=O)N(CC(=O)OCC(=O)Nc2cc(C)nn2-c2nc(C)cc(C)n2)C1=O. The maximum absolute atomic E-state index is 12.3. The van der Waals surface area contributed by atoms with Crippen molar-refractivity contribution in [2.45, 2.75) is 46.6 Å². The van der Waals surface area contributed by atoms with Gasteiger partial charge in [0.2, 0.25) is 0 Å². The highest BCUT2D eigenvalue weighted by molar-refractivity contribution is 6.08. The molecule has 1 unspecified atom stereocenters. The third-order valence-corrected chi connectivity index (χ3v) is 4.96. The van der Waals surface area contributed by atoms with Crippen molar-refractivity contribution < 1.29 is 23.9 Å². The fourth-order valence-electron chi connectivity index (χ4n) is 3.17. The van der Waals surface area contributed by atoms with E-state index in [2.05, 4.69) is 25.7 Å². The lowest BCUT2D eigenvalue weighted by atomic mass is 9.99. The summed E-state index contributed by atoms with van der Waals surface area (Å²) in [4.78, 5) is 58.2. The molecule has 2 aromatic heterocycles. The largest absolute Gasteiger partial charge is 0.454 e. The molecule has 3 rings (SSSR count). The predicted octanol–water partition coefficient (Wildman–Crippen LogP) is 0.790. The standard InChI is InChI=1S/C20H25N7O5/c1-6-20(5)17(30)26(19(31)24-20)9-16(29)32-10-15(28)23-14-8-13(4)25-27(14)18-21-11(2)7-12(3)22-18/h7-8H,6,9-10H2,1-5H3,(H,23,28)(H,24,31). The van der Waals surface area contributed by atoms with Crippen molar-refractivity contribution in [2.75, 3.05) is 18.5 Å². The molecule has 2 N–H and O–H groups in total. The van der Waals surface area contributed by atoms with Gasteiger partial charge in [-0.2, -0.15) is 9.78 Å². The molecule has 12 heteroatoms. The van der Waals surface area contributed by atoms with Gasteiger partial charge in [0, 0.05) is 17.5 Å². The first-order valence-corrected chi connectivity index (χ1v) is 10.0. The Morgan fingerprint density at radius 1 is 1.12 bits per heavy atom.